The summed E-state index contributed by atoms with van der Waals surface area (Å²) in [6.45, 7) is 12.0. The summed E-state index contributed by atoms with van der Waals surface area (Å²) in [5.41, 5.74) is 5.92. The highest BCUT2D eigenvalue weighted by molar-refractivity contribution is 5.85. The van der Waals surface area contributed by atoms with Crippen LogP contribution in [0.15, 0.2) is 4.52 Å². The van der Waals surface area contributed by atoms with Crippen LogP contribution in [0.25, 0.3) is 0 Å². The van der Waals surface area contributed by atoms with Crippen molar-refractivity contribution in [2.24, 2.45) is 11.7 Å². The first-order valence-corrected chi connectivity index (χ1v) is 9.80. The minimum absolute atomic E-state index is 0. The maximum Gasteiger partial charge on any atom is 0.232 e. The first-order valence-electron chi connectivity index (χ1n) is 9.80. The number of nitrogens with two attached hydrogens (primary N) is 1. The van der Waals surface area contributed by atoms with Gasteiger partial charge in [0.1, 0.15) is 0 Å². The van der Waals surface area contributed by atoms with Gasteiger partial charge in [-0.2, -0.15) is 4.98 Å². The molecule has 28 heavy (non-hydrogen) atoms. The van der Waals surface area contributed by atoms with Gasteiger partial charge < -0.3 is 15.2 Å². The van der Waals surface area contributed by atoms with Crippen molar-refractivity contribution in [2.75, 3.05) is 26.2 Å². The number of nitrogens with zero attached hydrogens (tertiary/aromatic N) is 4. The zero-order chi connectivity index (χ0) is 18.9. The summed E-state index contributed by atoms with van der Waals surface area (Å²) in [7, 11) is 0. The summed E-state index contributed by atoms with van der Waals surface area (Å²) in [6.07, 6.45) is 4.10. The molecule has 0 radical (unpaired) electrons. The molecule has 1 aliphatic carbocycles. The minimum atomic E-state index is -0.361. The van der Waals surface area contributed by atoms with Crippen molar-refractivity contribution < 1.29 is 9.32 Å². The fourth-order valence-electron chi connectivity index (χ4n) is 3.93. The van der Waals surface area contributed by atoms with E-state index in [0.29, 0.717) is 12.4 Å². The number of carbonyl (C=O) groups is 1. The maximum atomic E-state index is 12.9. The highest BCUT2D eigenvalue weighted by Crippen LogP contribution is 2.33. The molecule has 1 aromatic rings. The highest BCUT2D eigenvalue weighted by Gasteiger charge is 2.40. The van der Waals surface area contributed by atoms with Crippen LogP contribution in [-0.2, 0) is 16.8 Å². The first-order chi connectivity index (χ1) is 12.2. The summed E-state index contributed by atoms with van der Waals surface area (Å²) in [6, 6.07) is 0. The quantitative estimate of drug-likeness (QED) is 0.784. The number of rotatable bonds is 3. The van der Waals surface area contributed by atoms with Crippen molar-refractivity contribution >= 4 is 30.7 Å². The second kappa shape index (κ2) is 9.74. The van der Waals surface area contributed by atoms with Crippen LogP contribution in [0.3, 0.4) is 0 Å². The van der Waals surface area contributed by atoms with Crippen LogP contribution >= 0.6 is 24.8 Å². The average Bonchev–Trinajstić information content (AvgIpc) is 3.03. The molecule has 162 valence electrons. The van der Waals surface area contributed by atoms with Gasteiger partial charge in [0.25, 0.3) is 0 Å². The van der Waals surface area contributed by atoms with Crippen LogP contribution in [0.2, 0.25) is 0 Å². The Kier molecular flexibility index (Phi) is 8.75. The molecule has 2 aliphatic rings. The molecule has 0 spiro atoms. The topological polar surface area (TPSA) is 88.5 Å². The van der Waals surface area contributed by atoms with E-state index in [4.69, 9.17) is 10.3 Å². The third-order valence-corrected chi connectivity index (χ3v) is 5.71. The number of amides is 1. The van der Waals surface area contributed by atoms with Crippen molar-refractivity contribution in [3.05, 3.63) is 11.7 Å². The molecule has 2 heterocycles. The molecular weight excluding hydrogens is 401 g/mol. The van der Waals surface area contributed by atoms with Gasteiger partial charge in [-0.05, 0) is 19.8 Å². The predicted molar refractivity (Wildman–Crippen MR) is 114 cm³/mol. The van der Waals surface area contributed by atoms with E-state index in [0.717, 1.165) is 57.7 Å². The molecule has 1 aromatic heterocycles. The molecule has 1 saturated carbocycles. The number of hydrogen-bond acceptors (Lipinski definition) is 6. The third-order valence-electron chi connectivity index (χ3n) is 5.71. The molecule has 2 N–H and O–H groups in total. The van der Waals surface area contributed by atoms with Crippen molar-refractivity contribution in [2.45, 2.75) is 70.9 Å². The summed E-state index contributed by atoms with van der Waals surface area (Å²) in [5.74, 6) is 1.59. The van der Waals surface area contributed by atoms with Crippen molar-refractivity contribution in [3.8, 4) is 0 Å². The van der Waals surface area contributed by atoms with E-state index in [1.807, 2.05) is 11.8 Å². The monoisotopic (exact) mass is 435 g/mol. The van der Waals surface area contributed by atoms with E-state index in [1.54, 1.807) is 0 Å². The van der Waals surface area contributed by atoms with Gasteiger partial charge in [-0.1, -0.05) is 38.8 Å². The Morgan fingerprint density at radius 3 is 2.39 bits per heavy atom. The Hall–Kier alpha value is -0.890. The van der Waals surface area contributed by atoms with E-state index in [9.17, 15) is 4.79 Å². The fraction of sp³-hybridized carbons (Fsp3) is 0.842. The van der Waals surface area contributed by atoms with Crippen molar-refractivity contribution in [1.82, 2.24) is 19.9 Å². The standard InChI is InChI=1S/C19H33N5O2.2ClH/c1-18(2,3)17-21-15(22-26-17)13-23-9-11-24(12-10-23)16(25)14-7-5-6-8-19(14,4)20;;/h14H,5-13,20H2,1-4H3;2*1H. The summed E-state index contributed by atoms with van der Waals surface area (Å²) >= 11 is 0. The Labute approximate surface area is 180 Å². The van der Waals surface area contributed by atoms with Crippen LogP contribution in [0.4, 0.5) is 0 Å². The second-order valence-corrected chi connectivity index (χ2v) is 9.17. The molecular formula is C19H35Cl2N5O2. The van der Waals surface area contributed by atoms with Gasteiger partial charge in [-0.25, -0.2) is 0 Å². The van der Waals surface area contributed by atoms with Gasteiger partial charge in [-0.15, -0.1) is 24.8 Å². The van der Waals surface area contributed by atoms with Gasteiger partial charge in [0.05, 0.1) is 12.5 Å². The summed E-state index contributed by atoms with van der Waals surface area (Å²) in [5, 5.41) is 4.10. The largest absolute Gasteiger partial charge is 0.340 e. The number of piperazine rings is 1. The Morgan fingerprint density at radius 1 is 1.21 bits per heavy atom. The second-order valence-electron chi connectivity index (χ2n) is 9.17. The number of hydrogen-bond donors (Lipinski definition) is 1. The normalized spacial score (nSPS) is 26.3. The predicted octanol–water partition coefficient (Wildman–Crippen LogP) is 2.76. The van der Waals surface area contributed by atoms with Crippen LogP contribution in [-0.4, -0.2) is 57.6 Å². The SMILES string of the molecule is CC(C)(C)c1nc(CN2CCN(C(=O)C3CCCCC3(C)N)CC2)no1.Cl.Cl. The van der Waals surface area contributed by atoms with Gasteiger partial charge in [0.15, 0.2) is 5.82 Å². The maximum absolute atomic E-state index is 12.9. The Bertz CT molecular complexity index is 637. The lowest BCUT2D eigenvalue weighted by molar-refractivity contribution is -0.140. The lowest BCUT2D eigenvalue weighted by atomic mass is 9.74. The number of aromatic nitrogens is 2. The average molecular weight is 436 g/mol. The molecule has 3 rings (SSSR count). The van der Waals surface area contributed by atoms with E-state index in [-0.39, 0.29) is 47.6 Å². The summed E-state index contributed by atoms with van der Waals surface area (Å²) in [4.78, 5) is 21.7. The minimum Gasteiger partial charge on any atom is -0.340 e. The van der Waals surface area contributed by atoms with Crippen LogP contribution < -0.4 is 5.73 Å². The van der Waals surface area contributed by atoms with Crippen LogP contribution in [0.5, 0.6) is 0 Å². The van der Waals surface area contributed by atoms with Gasteiger partial charge >= 0.3 is 0 Å². The van der Waals surface area contributed by atoms with Gasteiger partial charge in [-0.3, -0.25) is 9.69 Å². The first kappa shape index (κ1) is 25.1. The zero-order valence-corrected chi connectivity index (χ0v) is 19.1. The molecule has 1 saturated heterocycles. The molecule has 9 heteroatoms. The van der Waals surface area contributed by atoms with Gasteiger partial charge in [0, 0.05) is 37.1 Å². The van der Waals surface area contributed by atoms with E-state index >= 15 is 0 Å². The Morgan fingerprint density at radius 2 is 1.86 bits per heavy atom. The van der Waals surface area contributed by atoms with Gasteiger partial charge in [0.2, 0.25) is 11.8 Å². The molecule has 2 fully saturated rings. The molecule has 1 amide bonds. The van der Waals surface area contributed by atoms with E-state index in [2.05, 4.69) is 35.8 Å². The zero-order valence-electron chi connectivity index (χ0n) is 17.4. The molecule has 2 unspecified atom stereocenters. The van der Waals surface area contributed by atoms with Crippen LogP contribution in [0, 0.1) is 5.92 Å². The molecule has 0 aromatic carbocycles. The van der Waals surface area contributed by atoms with Crippen LogP contribution in [0.1, 0.15) is 65.1 Å². The lowest BCUT2D eigenvalue weighted by Crippen LogP contribution is -2.57. The molecule has 0 bridgehead atoms. The smallest absolute Gasteiger partial charge is 0.232 e. The lowest BCUT2D eigenvalue weighted by Gasteiger charge is -2.42. The van der Waals surface area contributed by atoms with E-state index in [1.165, 1.54) is 0 Å². The summed E-state index contributed by atoms with van der Waals surface area (Å²) < 4.78 is 5.37. The molecule has 2 atom stereocenters. The fourth-order valence-corrected chi connectivity index (χ4v) is 3.93. The Balaban J connectivity index is 0.00000196. The van der Waals surface area contributed by atoms with Crippen molar-refractivity contribution in [1.29, 1.82) is 0 Å². The van der Waals surface area contributed by atoms with Crippen molar-refractivity contribution in [3.63, 3.8) is 0 Å². The highest BCUT2D eigenvalue weighted by atomic mass is 35.5. The third kappa shape index (κ3) is 5.81. The number of halogens is 2. The van der Waals surface area contributed by atoms with E-state index < -0.39 is 0 Å². The molecule has 7 nitrogen and oxygen atoms in total. The molecule has 1 aliphatic heterocycles. The number of carbonyl (C=O) groups excluding carboxylic acids is 1.